The number of ether oxygens (including phenoxy) is 2. The number of carbonyl (C=O) groups is 2. The first kappa shape index (κ1) is 23.0. The van der Waals surface area contributed by atoms with E-state index in [1.807, 2.05) is 41.8 Å². The summed E-state index contributed by atoms with van der Waals surface area (Å²) in [6.45, 7) is 6.08. The summed E-state index contributed by atoms with van der Waals surface area (Å²) in [4.78, 5) is 31.6. The molecule has 0 aliphatic carbocycles. The van der Waals surface area contributed by atoms with E-state index in [0.717, 1.165) is 29.1 Å². The topological polar surface area (TPSA) is 68.7 Å². The van der Waals surface area contributed by atoms with Crippen molar-refractivity contribution < 1.29 is 19.1 Å². The number of anilines is 1. The van der Waals surface area contributed by atoms with Gasteiger partial charge in [-0.25, -0.2) is 9.78 Å². The molecule has 1 amide bonds. The molecular formula is C26H28N2O4S. The van der Waals surface area contributed by atoms with Gasteiger partial charge in [-0.15, -0.1) is 11.3 Å². The van der Waals surface area contributed by atoms with Crippen LogP contribution < -0.4 is 9.64 Å². The fraction of sp³-hybridized carbons (Fsp3) is 0.346. The Labute approximate surface area is 198 Å². The summed E-state index contributed by atoms with van der Waals surface area (Å²) in [5, 5.41) is 3.03. The minimum Gasteiger partial charge on any atom is -0.482 e. The summed E-state index contributed by atoms with van der Waals surface area (Å²) in [6, 6.07) is 15.1. The van der Waals surface area contributed by atoms with Crippen molar-refractivity contribution >= 4 is 28.9 Å². The Kier molecular flexibility index (Phi) is 7.08. The Morgan fingerprint density at radius 2 is 1.97 bits per heavy atom. The van der Waals surface area contributed by atoms with E-state index in [0.29, 0.717) is 24.0 Å². The third-order valence-corrected chi connectivity index (χ3v) is 6.40. The monoisotopic (exact) mass is 464 g/mol. The molecule has 0 fully saturated rings. The molecule has 3 aromatic rings. The number of nitrogens with zero attached hydrogens (tertiary/aromatic N) is 2. The second kappa shape index (κ2) is 10.2. The molecule has 1 aliphatic heterocycles. The maximum absolute atomic E-state index is 12.7. The number of thiazole rings is 1. The molecule has 1 aliphatic rings. The number of amides is 1. The second-order valence-corrected chi connectivity index (χ2v) is 9.49. The molecule has 33 heavy (non-hydrogen) atoms. The van der Waals surface area contributed by atoms with Gasteiger partial charge in [0.25, 0.3) is 5.91 Å². The molecular weight excluding hydrogens is 436 g/mol. The van der Waals surface area contributed by atoms with E-state index in [2.05, 4.69) is 26.0 Å². The van der Waals surface area contributed by atoms with Gasteiger partial charge in [-0.2, -0.15) is 0 Å². The van der Waals surface area contributed by atoms with E-state index in [-0.39, 0.29) is 12.5 Å². The van der Waals surface area contributed by atoms with E-state index >= 15 is 0 Å². The Morgan fingerprint density at radius 3 is 2.73 bits per heavy atom. The van der Waals surface area contributed by atoms with Gasteiger partial charge in [0.2, 0.25) is 0 Å². The van der Waals surface area contributed by atoms with Crippen molar-refractivity contribution in [2.24, 2.45) is 5.92 Å². The highest BCUT2D eigenvalue weighted by atomic mass is 32.1. The first-order chi connectivity index (χ1) is 15.9. The average Bonchev–Trinajstić information content (AvgIpc) is 3.27. The third kappa shape index (κ3) is 5.42. The molecule has 172 valence electrons. The molecule has 2 heterocycles. The molecule has 0 radical (unpaired) electrons. The largest absolute Gasteiger partial charge is 0.482 e. The number of aromatic nitrogens is 1. The van der Waals surface area contributed by atoms with E-state index in [1.54, 1.807) is 18.3 Å². The van der Waals surface area contributed by atoms with Crippen LogP contribution in [0.3, 0.4) is 0 Å². The maximum atomic E-state index is 12.7. The van der Waals surface area contributed by atoms with E-state index in [1.165, 1.54) is 10.5 Å². The van der Waals surface area contributed by atoms with Crippen molar-refractivity contribution in [3.63, 3.8) is 0 Å². The van der Waals surface area contributed by atoms with Gasteiger partial charge < -0.3 is 9.47 Å². The van der Waals surface area contributed by atoms with Crippen LogP contribution in [-0.4, -0.2) is 36.1 Å². The first-order valence-corrected chi connectivity index (χ1v) is 12.0. The predicted molar refractivity (Wildman–Crippen MR) is 130 cm³/mol. The summed E-state index contributed by atoms with van der Waals surface area (Å²) in [6.07, 6.45) is 1.55. The fourth-order valence-electron chi connectivity index (χ4n) is 3.67. The zero-order valence-corrected chi connectivity index (χ0v) is 19.9. The Balaban J connectivity index is 1.55. The molecule has 1 aromatic heterocycles. The van der Waals surface area contributed by atoms with Crippen molar-refractivity contribution in [2.75, 3.05) is 18.1 Å². The highest BCUT2D eigenvalue weighted by molar-refractivity contribution is 7.10. The maximum Gasteiger partial charge on any atom is 0.328 e. The molecule has 1 atom stereocenters. The van der Waals surface area contributed by atoms with Crippen molar-refractivity contribution in [2.45, 2.75) is 39.7 Å². The number of esters is 1. The molecule has 0 spiro atoms. The van der Waals surface area contributed by atoms with Crippen LogP contribution in [0.5, 0.6) is 5.75 Å². The lowest BCUT2D eigenvalue weighted by molar-refractivity contribution is -0.146. The van der Waals surface area contributed by atoms with Gasteiger partial charge in [-0.1, -0.05) is 44.2 Å². The normalized spacial score (nSPS) is 14.1. The molecule has 0 bridgehead atoms. The quantitative estimate of drug-likeness (QED) is 0.434. The summed E-state index contributed by atoms with van der Waals surface area (Å²) >= 11 is 1.60. The number of rotatable bonds is 8. The van der Waals surface area contributed by atoms with E-state index in [9.17, 15) is 9.59 Å². The highest BCUT2D eigenvalue weighted by Gasteiger charge is 2.34. The summed E-state index contributed by atoms with van der Waals surface area (Å²) in [5.41, 5.74) is 3.47. The van der Waals surface area contributed by atoms with Gasteiger partial charge in [0.1, 0.15) is 11.8 Å². The molecule has 7 heteroatoms. The number of hydrogen-bond donors (Lipinski definition) is 0. The Hall–Kier alpha value is -3.19. The minimum absolute atomic E-state index is 0.103. The van der Waals surface area contributed by atoms with Crippen LogP contribution in [0.4, 0.5) is 5.69 Å². The molecule has 2 aromatic carbocycles. The van der Waals surface area contributed by atoms with Crippen LogP contribution in [0.1, 0.15) is 37.8 Å². The lowest BCUT2D eigenvalue weighted by atomic mass is 10.1. The Morgan fingerprint density at radius 1 is 1.18 bits per heavy atom. The SMILES string of the molecule is CC(C)CCOC(=O)C(C)N1C(=O)COc2ccc(-c3csc(Cc4ccccc4)n3)cc21. The van der Waals surface area contributed by atoms with Crippen LogP contribution in [0, 0.1) is 5.92 Å². The summed E-state index contributed by atoms with van der Waals surface area (Å²) < 4.78 is 11.0. The van der Waals surface area contributed by atoms with Crippen LogP contribution in [0.15, 0.2) is 53.9 Å². The second-order valence-electron chi connectivity index (χ2n) is 8.55. The predicted octanol–water partition coefficient (Wildman–Crippen LogP) is 5.10. The highest BCUT2D eigenvalue weighted by Crippen LogP contribution is 2.37. The number of fused-ring (bicyclic) bond motifs is 1. The first-order valence-electron chi connectivity index (χ1n) is 11.2. The standard InChI is InChI=1S/C26H28N2O4S/c1-17(2)11-12-31-26(30)18(3)28-22-14-20(9-10-23(22)32-15-25(28)29)21-16-33-24(27-21)13-19-7-5-4-6-8-19/h4-10,14,16-18H,11-13,15H2,1-3H3. The number of carbonyl (C=O) groups excluding carboxylic acids is 2. The molecule has 0 saturated heterocycles. The summed E-state index contributed by atoms with van der Waals surface area (Å²) in [7, 11) is 0. The number of hydrogen-bond acceptors (Lipinski definition) is 6. The molecule has 6 nitrogen and oxygen atoms in total. The molecule has 4 rings (SSSR count). The van der Waals surface area contributed by atoms with Gasteiger partial charge in [-0.3, -0.25) is 9.69 Å². The Bertz CT molecular complexity index is 1130. The molecule has 0 N–H and O–H groups in total. The average molecular weight is 465 g/mol. The van der Waals surface area contributed by atoms with Crippen LogP contribution in [0.25, 0.3) is 11.3 Å². The summed E-state index contributed by atoms with van der Waals surface area (Å²) in [5.74, 6) is 0.322. The van der Waals surface area contributed by atoms with Crippen molar-refractivity contribution in [3.8, 4) is 17.0 Å². The number of benzene rings is 2. The van der Waals surface area contributed by atoms with Crippen molar-refractivity contribution in [3.05, 3.63) is 64.5 Å². The van der Waals surface area contributed by atoms with Crippen LogP contribution in [0.2, 0.25) is 0 Å². The van der Waals surface area contributed by atoms with Crippen molar-refractivity contribution in [1.82, 2.24) is 4.98 Å². The molecule has 0 saturated carbocycles. The zero-order chi connectivity index (χ0) is 23.4. The fourth-order valence-corrected chi connectivity index (χ4v) is 4.51. The van der Waals surface area contributed by atoms with Crippen molar-refractivity contribution in [1.29, 1.82) is 0 Å². The van der Waals surface area contributed by atoms with Crippen LogP contribution >= 0.6 is 11.3 Å². The van der Waals surface area contributed by atoms with E-state index < -0.39 is 12.0 Å². The lowest BCUT2D eigenvalue weighted by Crippen LogP contribution is -2.48. The van der Waals surface area contributed by atoms with Gasteiger partial charge in [0, 0.05) is 17.4 Å². The van der Waals surface area contributed by atoms with Gasteiger partial charge >= 0.3 is 5.97 Å². The van der Waals surface area contributed by atoms with Crippen LogP contribution in [-0.2, 0) is 20.7 Å². The molecule has 1 unspecified atom stereocenters. The van der Waals surface area contributed by atoms with E-state index in [4.69, 9.17) is 14.5 Å². The van der Waals surface area contributed by atoms with Gasteiger partial charge in [-0.05, 0) is 43.0 Å². The van der Waals surface area contributed by atoms with Gasteiger partial charge in [0.05, 0.1) is 23.0 Å². The third-order valence-electron chi connectivity index (χ3n) is 5.55. The van der Waals surface area contributed by atoms with Gasteiger partial charge in [0.15, 0.2) is 6.61 Å². The smallest absolute Gasteiger partial charge is 0.328 e. The zero-order valence-electron chi connectivity index (χ0n) is 19.1. The minimum atomic E-state index is -0.744. The lowest BCUT2D eigenvalue weighted by Gasteiger charge is -2.33.